The van der Waals surface area contributed by atoms with Gasteiger partial charge in [-0.05, 0) is 19.5 Å². The summed E-state index contributed by atoms with van der Waals surface area (Å²) in [5.74, 6) is 0. The Morgan fingerprint density at radius 1 is 1.78 bits per heavy atom. The van der Waals surface area contributed by atoms with Gasteiger partial charge in [0.15, 0.2) is 0 Å². The van der Waals surface area contributed by atoms with Crippen molar-refractivity contribution < 1.29 is 0 Å². The van der Waals surface area contributed by atoms with Gasteiger partial charge in [-0.15, -0.1) is 0 Å². The first kappa shape index (κ1) is 8.73. The van der Waals surface area contributed by atoms with Gasteiger partial charge in [-0.3, -0.25) is 0 Å². The highest BCUT2D eigenvalue weighted by atomic mass is 35.5. The summed E-state index contributed by atoms with van der Waals surface area (Å²) in [6, 6.07) is 0. The zero-order valence-corrected chi connectivity index (χ0v) is 6.63. The van der Waals surface area contributed by atoms with Gasteiger partial charge in [0.1, 0.15) is 0 Å². The summed E-state index contributed by atoms with van der Waals surface area (Å²) in [5.41, 5.74) is 1.05. The molecule has 0 radical (unpaired) electrons. The van der Waals surface area contributed by atoms with E-state index in [2.05, 4.69) is 11.9 Å². The SMILES string of the molecule is C=C(Cl)/C(=C\C)CNC. The van der Waals surface area contributed by atoms with E-state index in [1.54, 1.807) is 0 Å². The first-order chi connectivity index (χ1) is 4.22. The van der Waals surface area contributed by atoms with Crippen molar-refractivity contribution in [1.82, 2.24) is 5.32 Å². The zero-order chi connectivity index (χ0) is 7.28. The lowest BCUT2D eigenvalue weighted by molar-refractivity contribution is 0.892. The van der Waals surface area contributed by atoms with Gasteiger partial charge in [-0.25, -0.2) is 0 Å². The molecule has 1 nitrogen and oxygen atoms in total. The first-order valence-corrected chi connectivity index (χ1v) is 3.24. The Hall–Kier alpha value is -0.270. The molecule has 0 fully saturated rings. The van der Waals surface area contributed by atoms with E-state index < -0.39 is 0 Å². The van der Waals surface area contributed by atoms with Crippen molar-refractivity contribution in [3.63, 3.8) is 0 Å². The van der Waals surface area contributed by atoms with Crippen molar-refractivity contribution in [3.8, 4) is 0 Å². The number of halogens is 1. The molecule has 0 aliphatic carbocycles. The second-order valence-electron chi connectivity index (χ2n) is 1.75. The van der Waals surface area contributed by atoms with Crippen LogP contribution < -0.4 is 5.32 Å². The zero-order valence-electron chi connectivity index (χ0n) is 5.87. The lowest BCUT2D eigenvalue weighted by Gasteiger charge is -2.01. The second kappa shape index (κ2) is 4.59. The summed E-state index contributed by atoms with van der Waals surface area (Å²) in [7, 11) is 1.88. The molecule has 0 saturated carbocycles. The van der Waals surface area contributed by atoms with Crippen LogP contribution in [0.1, 0.15) is 6.92 Å². The summed E-state index contributed by atoms with van der Waals surface area (Å²) in [5, 5.41) is 3.60. The van der Waals surface area contributed by atoms with E-state index in [9.17, 15) is 0 Å². The molecule has 0 unspecified atom stereocenters. The number of allylic oxidation sites excluding steroid dienone is 1. The second-order valence-corrected chi connectivity index (χ2v) is 2.21. The molecule has 0 aromatic rings. The van der Waals surface area contributed by atoms with Gasteiger partial charge in [0.25, 0.3) is 0 Å². The molecular formula is C7H12ClN. The minimum absolute atomic E-state index is 0.617. The highest BCUT2D eigenvalue weighted by Crippen LogP contribution is 2.09. The molecular weight excluding hydrogens is 134 g/mol. The van der Waals surface area contributed by atoms with E-state index in [0.29, 0.717) is 5.03 Å². The van der Waals surface area contributed by atoms with Crippen LogP contribution >= 0.6 is 11.6 Å². The Kier molecular flexibility index (Phi) is 4.46. The Morgan fingerprint density at radius 3 is 2.44 bits per heavy atom. The summed E-state index contributed by atoms with van der Waals surface area (Å²) in [6.07, 6.45) is 1.95. The van der Waals surface area contributed by atoms with Crippen LogP contribution in [0.3, 0.4) is 0 Å². The molecule has 0 rings (SSSR count). The van der Waals surface area contributed by atoms with Crippen LogP contribution in [0.25, 0.3) is 0 Å². The third-order valence-electron chi connectivity index (χ3n) is 1.06. The number of rotatable bonds is 3. The monoisotopic (exact) mass is 145 g/mol. The minimum atomic E-state index is 0.617. The topological polar surface area (TPSA) is 12.0 Å². The van der Waals surface area contributed by atoms with Crippen molar-refractivity contribution in [2.45, 2.75) is 6.92 Å². The maximum Gasteiger partial charge on any atom is 0.0375 e. The van der Waals surface area contributed by atoms with Gasteiger partial charge < -0.3 is 5.32 Å². The van der Waals surface area contributed by atoms with Gasteiger partial charge in [-0.1, -0.05) is 24.3 Å². The quantitative estimate of drug-likeness (QED) is 0.599. The van der Waals surface area contributed by atoms with Crippen LogP contribution in [0.5, 0.6) is 0 Å². The Balaban J connectivity index is 3.85. The fourth-order valence-corrected chi connectivity index (χ4v) is 0.721. The lowest BCUT2D eigenvalue weighted by atomic mass is 10.2. The average molecular weight is 146 g/mol. The molecule has 1 N–H and O–H groups in total. The Labute approximate surface area is 61.4 Å². The van der Waals surface area contributed by atoms with Crippen LogP contribution in [0.4, 0.5) is 0 Å². The lowest BCUT2D eigenvalue weighted by Crippen LogP contribution is -2.10. The molecule has 0 amide bonds. The highest BCUT2D eigenvalue weighted by molar-refractivity contribution is 6.31. The summed E-state index contributed by atoms with van der Waals surface area (Å²) in [4.78, 5) is 0. The molecule has 0 aromatic heterocycles. The van der Waals surface area contributed by atoms with E-state index in [1.807, 2.05) is 20.0 Å². The third-order valence-corrected chi connectivity index (χ3v) is 1.31. The number of hydrogen-bond acceptors (Lipinski definition) is 1. The van der Waals surface area contributed by atoms with E-state index in [-0.39, 0.29) is 0 Å². The molecule has 0 atom stereocenters. The van der Waals surface area contributed by atoms with Crippen molar-refractivity contribution in [2.24, 2.45) is 0 Å². The normalized spacial score (nSPS) is 11.7. The summed E-state index contributed by atoms with van der Waals surface area (Å²) >= 11 is 5.62. The average Bonchev–Trinajstić information content (AvgIpc) is 1.82. The van der Waals surface area contributed by atoms with Gasteiger partial charge >= 0.3 is 0 Å². The maximum atomic E-state index is 5.62. The van der Waals surface area contributed by atoms with E-state index >= 15 is 0 Å². The molecule has 0 aliphatic heterocycles. The molecule has 52 valence electrons. The van der Waals surface area contributed by atoms with Gasteiger partial charge in [0.05, 0.1) is 0 Å². The molecule has 0 heterocycles. The van der Waals surface area contributed by atoms with E-state index in [0.717, 1.165) is 12.1 Å². The molecule has 0 aromatic carbocycles. The van der Waals surface area contributed by atoms with Crippen LogP contribution in [0.2, 0.25) is 0 Å². The molecule has 0 aliphatic rings. The fraction of sp³-hybridized carbons (Fsp3) is 0.429. The van der Waals surface area contributed by atoms with Gasteiger partial charge in [0.2, 0.25) is 0 Å². The van der Waals surface area contributed by atoms with Gasteiger partial charge in [0, 0.05) is 11.6 Å². The largest absolute Gasteiger partial charge is 0.316 e. The van der Waals surface area contributed by atoms with Crippen LogP contribution in [0, 0.1) is 0 Å². The van der Waals surface area contributed by atoms with E-state index in [4.69, 9.17) is 11.6 Å². The van der Waals surface area contributed by atoms with Crippen LogP contribution in [-0.4, -0.2) is 13.6 Å². The number of nitrogens with one attached hydrogen (secondary N) is 1. The molecule has 0 saturated heterocycles. The Morgan fingerprint density at radius 2 is 2.33 bits per heavy atom. The van der Waals surface area contributed by atoms with Crippen molar-refractivity contribution in [3.05, 3.63) is 23.3 Å². The predicted molar refractivity (Wildman–Crippen MR) is 42.7 cm³/mol. The van der Waals surface area contributed by atoms with Crippen molar-refractivity contribution in [1.29, 1.82) is 0 Å². The van der Waals surface area contributed by atoms with Gasteiger partial charge in [-0.2, -0.15) is 0 Å². The smallest absolute Gasteiger partial charge is 0.0375 e. The van der Waals surface area contributed by atoms with Crippen molar-refractivity contribution >= 4 is 11.6 Å². The van der Waals surface area contributed by atoms with Crippen LogP contribution in [-0.2, 0) is 0 Å². The van der Waals surface area contributed by atoms with E-state index in [1.165, 1.54) is 0 Å². The standard InChI is InChI=1S/C7H12ClN/c1-4-7(5-9-3)6(2)8/h4,9H,2,5H2,1,3H3/b7-4-. The van der Waals surface area contributed by atoms with Crippen LogP contribution in [0.15, 0.2) is 23.3 Å². The van der Waals surface area contributed by atoms with Crippen molar-refractivity contribution in [2.75, 3.05) is 13.6 Å². The number of likely N-dealkylation sites (N-methyl/N-ethyl adjacent to an activating group) is 1. The predicted octanol–water partition coefficient (Wildman–Crippen LogP) is 1.90. The Bertz CT molecular complexity index is 127. The summed E-state index contributed by atoms with van der Waals surface area (Å²) < 4.78 is 0. The maximum absolute atomic E-state index is 5.62. The fourth-order valence-electron chi connectivity index (χ4n) is 0.545. The minimum Gasteiger partial charge on any atom is -0.316 e. The number of hydrogen-bond donors (Lipinski definition) is 1. The summed E-state index contributed by atoms with van der Waals surface area (Å²) in [6.45, 7) is 6.34. The third kappa shape index (κ3) is 3.33. The molecule has 2 heteroatoms. The first-order valence-electron chi connectivity index (χ1n) is 2.87. The molecule has 9 heavy (non-hydrogen) atoms. The molecule has 0 spiro atoms. The highest BCUT2D eigenvalue weighted by Gasteiger charge is 1.94. The molecule has 0 bridgehead atoms.